The van der Waals surface area contributed by atoms with Crippen molar-refractivity contribution in [3.05, 3.63) is 15.9 Å². The second kappa shape index (κ2) is 8.95. The Labute approximate surface area is 129 Å². The molecule has 0 aliphatic carbocycles. The number of ether oxygens (including phenoxy) is 1. The van der Waals surface area contributed by atoms with Gasteiger partial charge >= 0.3 is 0 Å². The molecule has 0 aliphatic heterocycles. The largest absolute Gasteiger partial charge is 0.383 e. The molecule has 0 aromatic carbocycles. The first kappa shape index (κ1) is 17.0. The average molecular weight is 353 g/mol. The fourth-order valence-electron chi connectivity index (χ4n) is 1.99. The summed E-state index contributed by atoms with van der Waals surface area (Å²) < 4.78 is 8.35. The van der Waals surface area contributed by atoms with Crippen LogP contribution < -0.4 is 0 Å². The van der Waals surface area contributed by atoms with Gasteiger partial charge in [0.2, 0.25) is 0 Å². The summed E-state index contributed by atoms with van der Waals surface area (Å²) in [7, 11) is 1.72. The van der Waals surface area contributed by atoms with E-state index in [0.717, 1.165) is 49.4 Å². The van der Waals surface area contributed by atoms with Crippen LogP contribution in [0.5, 0.6) is 0 Å². The minimum atomic E-state index is 0.627. The van der Waals surface area contributed by atoms with Gasteiger partial charge in [-0.25, -0.2) is 0 Å². The van der Waals surface area contributed by atoms with Crippen molar-refractivity contribution in [2.75, 3.05) is 32.7 Å². The van der Waals surface area contributed by atoms with Crippen molar-refractivity contribution >= 4 is 27.5 Å². The normalized spacial score (nSPS) is 11.5. The molecule has 0 unspecified atom stereocenters. The number of hydrogen-bond acceptors (Lipinski definition) is 3. The fraction of sp³-hybridized carbons (Fsp3) is 0.769. The molecular formula is C13H23BrClN3O. The first-order valence-corrected chi connectivity index (χ1v) is 8.01. The second-order valence-corrected chi connectivity index (χ2v) is 5.51. The smallest absolute Gasteiger partial charge is 0.0767 e. The Kier molecular flexibility index (Phi) is 7.99. The third kappa shape index (κ3) is 4.74. The lowest BCUT2D eigenvalue weighted by Crippen LogP contribution is -2.30. The zero-order valence-electron chi connectivity index (χ0n) is 12.0. The van der Waals surface area contributed by atoms with E-state index in [9.17, 15) is 0 Å². The van der Waals surface area contributed by atoms with Crippen LogP contribution in [-0.4, -0.2) is 47.4 Å². The summed E-state index contributed by atoms with van der Waals surface area (Å²) in [5, 5.41) is 4.62. The molecule has 1 rings (SSSR count). The number of aryl methyl sites for hydroxylation is 2. The summed E-state index contributed by atoms with van der Waals surface area (Å²) in [6, 6.07) is 0. The Morgan fingerprint density at radius 3 is 2.63 bits per heavy atom. The van der Waals surface area contributed by atoms with Crippen LogP contribution in [0.4, 0.5) is 0 Å². The summed E-state index contributed by atoms with van der Waals surface area (Å²) in [5.74, 6) is 0.627. The molecule has 0 N–H and O–H groups in total. The molecule has 0 atom stereocenters. The molecule has 0 bridgehead atoms. The fourth-order valence-corrected chi connectivity index (χ4v) is 2.92. The lowest BCUT2D eigenvalue weighted by molar-refractivity contribution is 0.146. The quantitative estimate of drug-likeness (QED) is 0.640. The zero-order chi connectivity index (χ0) is 14.3. The highest BCUT2D eigenvalue weighted by Gasteiger charge is 2.16. The summed E-state index contributed by atoms with van der Waals surface area (Å²) in [4.78, 5) is 2.30. The van der Waals surface area contributed by atoms with E-state index in [4.69, 9.17) is 16.3 Å². The van der Waals surface area contributed by atoms with Crippen LogP contribution in [0.3, 0.4) is 0 Å². The molecule has 1 aromatic rings. The Morgan fingerprint density at radius 2 is 2.11 bits per heavy atom. The molecule has 0 saturated carbocycles. The summed E-state index contributed by atoms with van der Waals surface area (Å²) in [6.07, 6.45) is 0.939. The molecule has 1 heterocycles. The van der Waals surface area contributed by atoms with E-state index in [1.54, 1.807) is 7.11 Å². The predicted octanol–water partition coefficient (Wildman–Crippen LogP) is 2.92. The number of methoxy groups -OCH3 is 1. The van der Waals surface area contributed by atoms with Crippen LogP contribution >= 0.6 is 27.5 Å². The van der Waals surface area contributed by atoms with Crippen LogP contribution in [-0.2, 0) is 24.2 Å². The predicted molar refractivity (Wildman–Crippen MR) is 82.9 cm³/mol. The molecule has 0 aliphatic rings. The van der Waals surface area contributed by atoms with Crippen molar-refractivity contribution in [3.63, 3.8) is 0 Å². The molecule has 0 spiro atoms. The number of halogens is 2. The second-order valence-electron chi connectivity index (χ2n) is 4.33. The molecule has 6 heteroatoms. The maximum Gasteiger partial charge on any atom is 0.0767 e. The summed E-state index contributed by atoms with van der Waals surface area (Å²) >= 11 is 9.55. The van der Waals surface area contributed by atoms with Crippen LogP contribution in [0.15, 0.2) is 4.47 Å². The van der Waals surface area contributed by atoms with Crippen LogP contribution in [0.1, 0.15) is 25.2 Å². The number of alkyl halides is 1. The molecule has 110 valence electrons. The third-order valence-corrected chi connectivity index (χ3v) is 4.16. The van der Waals surface area contributed by atoms with Gasteiger partial charge in [-0.3, -0.25) is 9.58 Å². The topological polar surface area (TPSA) is 30.3 Å². The Bertz CT molecular complexity index is 384. The Morgan fingerprint density at radius 1 is 1.37 bits per heavy atom. The van der Waals surface area contributed by atoms with E-state index in [1.165, 1.54) is 5.69 Å². The minimum absolute atomic E-state index is 0.627. The molecule has 0 saturated heterocycles. The highest BCUT2D eigenvalue weighted by molar-refractivity contribution is 9.10. The number of rotatable bonds is 9. The molecule has 4 nitrogen and oxygen atoms in total. The molecule has 0 fully saturated rings. The van der Waals surface area contributed by atoms with Crippen LogP contribution in [0, 0.1) is 0 Å². The van der Waals surface area contributed by atoms with Gasteiger partial charge in [-0.1, -0.05) is 6.92 Å². The number of hydrogen-bond donors (Lipinski definition) is 0. The van der Waals surface area contributed by atoms with Crippen LogP contribution in [0.25, 0.3) is 0 Å². The molecule has 0 radical (unpaired) electrons. The lowest BCUT2D eigenvalue weighted by Gasteiger charge is -2.21. The maximum atomic E-state index is 5.87. The van der Waals surface area contributed by atoms with E-state index >= 15 is 0 Å². The highest BCUT2D eigenvalue weighted by atomic mass is 79.9. The third-order valence-electron chi connectivity index (χ3n) is 3.08. The summed E-state index contributed by atoms with van der Waals surface area (Å²) in [6.45, 7) is 8.42. The number of aromatic nitrogens is 2. The van der Waals surface area contributed by atoms with E-state index in [-0.39, 0.29) is 0 Å². The van der Waals surface area contributed by atoms with Gasteiger partial charge in [-0.2, -0.15) is 5.10 Å². The van der Waals surface area contributed by atoms with Crippen molar-refractivity contribution in [2.45, 2.75) is 33.4 Å². The first-order valence-electron chi connectivity index (χ1n) is 6.69. The van der Waals surface area contributed by atoms with E-state index in [2.05, 4.69) is 44.5 Å². The lowest BCUT2D eigenvalue weighted by atomic mass is 10.3. The van der Waals surface area contributed by atoms with Crippen molar-refractivity contribution < 1.29 is 4.74 Å². The molecule has 1 aromatic heterocycles. The van der Waals surface area contributed by atoms with Crippen molar-refractivity contribution in [3.8, 4) is 0 Å². The van der Waals surface area contributed by atoms with E-state index < -0.39 is 0 Å². The molecular weight excluding hydrogens is 330 g/mol. The maximum absolute atomic E-state index is 5.87. The zero-order valence-corrected chi connectivity index (χ0v) is 14.3. The number of nitrogens with zero attached hydrogens (tertiary/aromatic N) is 3. The van der Waals surface area contributed by atoms with E-state index in [0.29, 0.717) is 5.88 Å². The van der Waals surface area contributed by atoms with Gasteiger partial charge in [0.25, 0.3) is 0 Å². The Balaban J connectivity index is 2.84. The average Bonchev–Trinajstić information content (AvgIpc) is 2.72. The van der Waals surface area contributed by atoms with Crippen molar-refractivity contribution in [2.24, 2.45) is 0 Å². The standard InChI is InChI=1S/C13H23BrClN3O/c1-4-11-13(14)12(18(5-2)16-11)10-17(7-6-15)8-9-19-3/h4-10H2,1-3H3. The van der Waals surface area contributed by atoms with Gasteiger partial charge < -0.3 is 4.74 Å². The SMILES string of the molecule is CCc1nn(CC)c(CN(CCCl)CCOC)c1Br. The summed E-state index contributed by atoms with van der Waals surface area (Å²) in [5.41, 5.74) is 2.34. The van der Waals surface area contributed by atoms with E-state index in [1.807, 2.05) is 0 Å². The van der Waals surface area contributed by atoms with Gasteiger partial charge in [0.1, 0.15) is 0 Å². The van der Waals surface area contributed by atoms with Gasteiger partial charge in [-0.15, -0.1) is 11.6 Å². The molecule has 19 heavy (non-hydrogen) atoms. The van der Waals surface area contributed by atoms with Gasteiger partial charge in [0.05, 0.1) is 22.5 Å². The van der Waals surface area contributed by atoms with Crippen molar-refractivity contribution in [1.82, 2.24) is 14.7 Å². The first-order chi connectivity index (χ1) is 9.17. The van der Waals surface area contributed by atoms with Crippen LogP contribution in [0.2, 0.25) is 0 Å². The van der Waals surface area contributed by atoms with Crippen molar-refractivity contribution in [1.29, 1.82) is 0 Å². The van der Waals surface area contributed by atoms with Gasteiger partial charge in [0.15, 0.2) is 0 Å². The Hall–Kier alpha value is -0.100. The minimum Gasteiger partial charge on any atom is -0.383 e. The van der Waals surface area contributed by atoms with Gasteiger partial charge in [-0.05, 0) is 29.3 Å². The molecule has 0 amide bonds. The van der Waals surface area contributed by atoms with Gasteiger partial charge in [0, 0.05) is 39.2 Å². The monoisotopic (exact) mass is 351 g/mol. The highest BCUT2D eigenvalue weighted by Crippen LogP contribution is 2.23.